The van der Waals surface area contributed by atoms with Crippen LogP contribution in [0.4, 0.5) is 0 Å². The van der Waals surface area contributed by atoms with E-state index < -0.39 is 0 Å². The lowest BCUT2D eigenvalue weighted by atomic mass is 9.82. The first-order chi connectivity index (χ1) is 7.27. The molecule has 0 radical (unpaired) electrons. The van der Waals surface area contributed by atoms with Gasteiger partial charge in [-0.25, -0.2) is 0 Å². The fraction of sp³-hybridized carbons (Fsp3) is 0.909. The van der Waals surface area contributed by atoms with Gasteiger partial charge in [0.1, 0.15) is 0 Å². The summed E-state index contributed by atoms with van der Waals surface area (Å²) >= 11 is 0. The summed E-state index contributed by atoms with van der Waals surface area (Å²) in [5.74, 6) is 0.863. The summed E-state index contributed by atoms with van der Waals surface area (Å²) in [4.78, 5) is 13.7. The van der Waals surface area contributed by atoms with Gasteiger partial charge in [-0.1, -0.05) is 6.42 Å². The van der Waals surface area contributed by atoms with Gasteiger partial charge in [0.15, 0.2) is 0 Å². The molecule has 4 nitrogen and oxygen atoms in total. The van der Waals surface area contributed by atoms with Crippen LogP contribution in [0.25, 0.3) is 0 Å². The number of nitrogens with zero attached hydrogens (tertiary/aromatic N) is 1. The van der Waals surface area contributed by atoms with Gasteiger partial charge < -0.3 is 15.4 Å². The minimum absolute atomic E-state index is 0.238. The van der Waals surface area contributed by atoms with E-state index in [1.54, 1.807) is 7.11 Å². The zero-order valence-corrected chi connectivity index (χ0v) is 9.58. The van der Waals surface area contributed by atoms with Gasteiger partial charge in [-0.05, 0) is 18.8 Å². The highest BCUT2D eigenvalue weighted by Crippen LogP contribution is 2.29. The van der Waals surface area contributed by atoms with Crippen molar-refractivity contribution < 1.29 is 9.53 Å². The van der Waals surface area contributed by atoms with E-state index in [2.05, 4.69) is 0 Å². The van der Waals surface area contributed by atoms with E-state index in [-0.39, 0.29) is 5.91 Å². The molecule has 0 aromatic rings. The Kier molecular flexibility index (Phi) is 5.65. The second kappa shape index (κ2) is 6.80. The molecule has 1 aliphatic carbocycles. The average molecular weight is 214 g/mol. The van der Waals surface area contributed by atoms with Crippen molar-refractivity contribution in [3.05, 3.63) is 0 Å². The molecule has 0 aromatic heterocycles. The molecule has 0 aromatic carbocycles. The molecule has 0 unspecified atom stereocenters. The Labute approximate surface area is 91.8 Å². The predicted octanol–water partition coefficient (Wildman–Crippen LogP) is 0.610. The number of carbonyl (C=O) groups is 1. The maximum absolute atomic E-state index is 11.9. The first-order valence-electron chi connectivity index (χ1n) is 5.74. The number of carbonyl (C=O) groups excluding carboxylic acids is 1. The van der Waals surface area contributed by atoms with Crippen LogP contribution in [0.1, 0.15) is 25.7 Å². The van der Waals surface area contributed by atoms with Crippen LogP contribution >= 0.6 is 0 Å². The Morgan fingerprint density at radius 2 is 2.20 bits per heavy atom. The molecule has 2 N–H and O–H groups in total. The maximum Gasteiger partial charge on any atom is 0.222 e. The van der Waals surface area contributed by atoms with Crippen LogP contribution in [0.5, 0.6) is 0 Å². The number of ether oxygens (including phenoxy) is 1. The van der Waals surface area contributed by atoms with Gasteiger partial charge in [-0.2, -0.15) is 0 Å². The second-order valence-electron chi connectivity index (χ2n) is 4.16. The van der Waals surface area contributed by atoms with Crippen molar-refractivity contribution in [1.82, 2.24) is 4.90 Å². The molecule has 1 saturated carbocycles. The van der Waals surface area contributed by atoms with Gasteiger partial charge >= 0.3 is 0 Å². The van der Waals surface area contributed by atoms with Crippen LogP contribution in [0.2, 0.25) is 0 Å². The van der Waals surface area contributed by atoms with Gasteiger partial charge in [0.25, 0.3) is 0 Å². The van der Waals surface area contributed by atoms with E-state index in [1.165, 1.54) is 19.3 Å². The summed E-state index contributed by atoms with van der Waals surface area (Å²) in [6.45, 7) is 2.44. The molecule has 1 rings (SSSR count). The fourth-order valence-corrected chi connectivity index (χ4v) is 1.79. The summed E-state index contributed by atoms with van der Waals surface area (Å²) in [6.07, 6.45) is 4.41. The summed E-state index contributed by atoms with van der Waals surface area (Å²) in [6, 6.07) is 0. The third kappa shape index (κ3) is 4.18. The summed E-state index contributed by atoms with van der Waals surface area (Å²) in [5.41, 5.74) is 5.48. The van der Waals surface area contributed by atoms with Crippen molar-refractivity contribution in [2.45, 2.75) is 25.7 Å². The minimum Gasteiger partial charge on any atom is -0.383 e. The van der Waals surface area contributed by atoms with Crippen LogP contribution in [0.3, 0.4) is 0 Å². The van der Waals surface area contributed by atoms with Crippen molar-refractivity contribution in [3.63, 3.8) is 0 Å². The Balaban J connectivity index is 2.28. The third-order valence-electron chi connectivity index (χ3n) is 3.01. The van der Waals surface area contributed by atoms with E-state index in [9.17, 15) is 4.79 Å². The molecule has 1 amide bonds. The second-order valence-corrected chi connectivity index (χ2v) is 4.16. The quantitative estimate of drug-likeness (QED) is 0.675. The highest BCUT2D eigenvalue weighted by Gasteiger charge is 2.23. The number of methoxy groups -OCH3 is 1. The van der Waals surface area contributed by atoms with Gasteiger partial charge in [0.05, 0.1) is 6.61 Å². The number of hydrogen-bond donors (Lipinski definition) is 1. The Morgan fingerprint density at radius 1 is 1.47 bits per heavy atom. The molecule has 0 aliphatic heterocycles. The number of amides is 1. The Morgan fingerprint density at radius 3 is 2.67 bits per heavy atom. The SMILES string of the molecule is COCCN(CCN)C(=O)CC1CCC1. The highest BCUT2D eigenvalue weighted by molar-refractivity contribution is 5.76. The lowest BCUT2D eigenvalue weighted by Gasteiger charge is -2.28. The van der Waals surface area contributed by atoms with Gasteiger partial charge in [0, 0.05) is 33.2 Å². The minimum atomic E-state index is 0.238. The lowest BCUT2D eigenvalue weighted by Crippen LogP contribution is -2.39. The molecular formula is C11H22N2O2. The third-order valence-corrected chi connectivity index (χ3v) is 3.01. The normalized spacial score (nSPS) is 16.1. The van der Waals surface area contributed by atoms with E-state index in [1.807, 2.05) is 4.90 Å². The van der Waals surface area contributed by atoms with Crippen LogP contribution in [0, 0.1) is 5.92 Å². The van der Waals surface area contributed by atoms with Gasteiger partial charge in [-0.15, -0.1) is 0 Å². The number of rotatable bonds is 7. The molecule has 88 valence electrons. The maximum atomic E-state index is 11.9. The van der Waals surface area contributed by atoms with Crippen molar-refractivity contribution in [2.24, 2.45) is 11.7 Å². The van der Waals surface area contributed by atoms with Crippen molar-refractivity contribution in [2.75, 3.05) is 33.4 Å². The first-order valence-corrected chi connectivity index (χ1v) is 5.74. The predicted molar refractivity (Wildman–Crippen MR) is 59.5 cm³/mol. The topological polar surface area (TPSA) is 55.6 Å². The smallest absolute Gasteiger partial charge is 0.222 e. The van der Waals surface area contributed by atoms with Crippen molar-refractivity contribution in [3.8, 4) is 0 Å². The standard InChI is InChI=1S/C11H22N2O2/c1-15-8-7-13(6-5-12)11(14)9-10-3-2-4-10/h10H,2-9,12H2,1H3. The molecule has 0 spiro atoms. The van der Waals surface area contributed by atoms with Crippen LogP contribution in [0.15, 0.2) is 0 Å². The van der Waals surface area contributed by atoms with E-state index in [0.717, 1.165) is 0 Å². The molecule has 15 heavy (non-hydrogen) atoms. The van der Waals surface area contributed by atoms with E-state index in [0.29, 0.717) is 38.6 Å². The summed E-state index contributed by atoms with van der Waals surface area (Å²) in [5, 5.41) is 0. The highest BCUT2D eigenvalue weighted by atomic mass is 16.5. The molecule has 0 atom stereocenters. The van der Waals surface area contributed by atoms with Crippen molar-refractivity contribution >= 4 is 5.91 Å². The number of nitrogens with two attached hydrogens (primary N) is 1. The Hall–Kier alpha value is -0.610. The largest absolute Gasteiger partial charge is 0.383 e. The first kappa shape index (κ1) is 12.5. The van der Waals surface area contributed by atoms with Crippen molar-refractivity contribution in [1.29, 1.82) is 0 Å². The molecule has 0 bridgehead atoms. The zero-order valence-electron chi connectivity index (χ0n) is 9.58. The molecule has 1 aliphatic rings. The lowest BCUT2D eigenvalue weighted by molar-refractivity contribution is -0.133. The van der Waals surface area contributed by atoms with Crippen LogP contribution in [-0.4, -0.2) is 44.2 Å². The molecule has 1 fully saturated rings. The molecule has 0 heterocycles. The molecular weight excluding hydrogens is 192 g/mol. The number of hydrogen-bond acceptors (Lipinski definition) is 3. The molecule has 4 heteroatoms. The van der Waals surface area contributed by atoms with E-state index in [4.69, 9.17) is 10.5 Å². The fourth-order valence-electron chi connectivity index (χ4n) is 1.79. The summed E-state index contributed by atoms with van der Waals surface area (Å²) < 4.78 is 4.98. The zero-order chi connectivity index (χ0) is 11.1. The van der Waals surface area contributed by atoms with E-state index >= 15 is 0 Å². The molecule has 0 saturated heterocycles. The Bertz CT molecular complexity index is 193. The van der Waals surface area contributed by atoms with Crippen LogP contribution in [-0.2, 0) is 9.53 Å². The van der Waals surface area contributed by atoms with Gasteiger partial charge in [-0.3, -0.25) is 4.79 Å². The van der Waals surface area contributed by atoms with Gasteiger partial charge in [0.2, 0.25) is 5.91 Å². The monoisotopic (exact) mass is 214 g/mol. The average Bonchev–Trinajstić information content (AvgIpc) is 2.18. The summed E-state index contributed by atoms with van der Waals surface area (Å²) in [7, 11) is 1.65. The van der Waals surface area contributed by atoms with Crippen LogP contribution < -0.4 is 5.73 Å².